The monoisotopic (exact) mass is 461 g/mol. The van der Waals surface area contributed by atoms with Crippen LogP contribution in [-0.2, 0) is 17.7 Å². The molecule has 0 amide bonds. The van der Waals surface area contributed by atoms with Crippen molar-refractivity contribution in [1.29, 1.82) is 0 Å². The van der Waals surface area contributed by atoms with Gasteiger partial charge < -0.3 is 9.30 Å². The predicted molar refractivity (Wildman–Crippen MR) is 140 cm³/mol. The van der Waals surface area contributed by atoms with Gasteiger partial charge in [0.05, 0.1) is 13.2 Å². The van der Waals surface area contributed by atoms with Crippen LogP contribution >= 0.6 is 0 Å². The highest BCUT2D eigenvalue weighted by Gasteiger charge is 2.15. The number of nitrogens with zero attached hydrogens (tertiary/aromatic N) is 5. The smallest absolute Gasteiger partial charge is 0.160 e. The van der Waals surface area contributed by atoms with Crippen LogP contribution in [0.4, 0.5) is 0 Å². The maximum Gasteiger partial charge on any atom is 0.160 e. The van der Waals surface area contributed by atoms with E-state index in [9.17, 15) is 0 Å². The van der Waals surface area contributed by atoms with E-state index in [4.69, 9.17) is 14.7 Å². The summed E-state index contributed by atoms with van der Waals surface area (Å²) in [7, 11) is 0. The van der Waals surface area contributed by atoms with Gasteiger partial charge in [0, 0.05) is 58.0 Å². The van der Waals surface area contributed by atoms with Crippen LogP contribution in [0.25, 0.3) is 17.2 Å². The minimum Gasteiger partial charge on any atom is -0.380 e. The first kappa shape index (κ1) is 24.6. The average molecular weight is 462 g/mol. The number of benzene rings is 1. The summed E-state index contributed by atoms with van der Waals surface area (Å²) in [6, 6.07) is 11.0. The second kappa shape index (κ2) is 11.7. The quantitative estimate of drug-likeness (QED) is 0.421. The Hall–Kier alpha value is -2.54. The molecule has 0 unspecified atom stereocenters. The Morgan fingerprint density at radius 1 is 0.971 bits per heavy atom. The van der Waals surface area contributed by atoms with Gasteiger partial charge >= 0.3 is 0 Å². The first-order valence-electron chi connectivity index (χ1n) is 12.7. The lowest BCUT2D eigenvalue weighted by Crippen LogP contribution is -2.47. The third-order valence-corrected chi connectivity index (χ3v) is 6.63. The van der Waals surface area contributed by atoms with E-state index in [1.165, 1.54) is 16.7 Å². The Bertz CT molecular complexity index is 1090. The topological polar surface area (TPSA) is 46.4 Å². The van der Waals surface area contributed by atoms with Crippen molar-refractivity contribution < 1.29 is 4.74 Å². The van der Waals surface area contributed by atoms with Crippen LogP contribution in [0.15, 0.2) is 36.4 Å². The molecular formula is C28H39N5O. The van der Waals surface area contributed by atoms with Crippen molar-refractivity contribution in [2.75, 3.05) is 52.5 Å². The summed E-state index contributed by atoms with van der Waals surface area (Å²) >= 11 is 0. The van der Waals surface area contributed by atoms with Crippen LogP contribution in [0.5, 0.6) is 0 Å². The highest BCUT2D eigenvalue weighted by Crippen LogP contribution is 2.21. The molecule has 1 aliphatic rings. The molecule has 0 N–H and O–H groups in total. The van der Waals surface area contributed by atoms with Gasteiger partial charge in [-0.1, -0.05) is 43.3 Å². The van der Waals surface area contributed by atoms with Gasteiger partial charge in [-0.05, 0) is 43.5 Å². The van der Waals surface area contributed by atoms with Gasteiger partial charge in [0.25, 0.3) is 0 Å². The van der Waals surface area contributed by atoms with E-state index in [-0.39, 0.29) is 0 Å². The number of hydrogen-bond acceptors (Lipinski definition) is 5. The van der Waals surface area contributed by atoms with Crippen molar-refractivity contribution in [3.63, 3.8) is 0 Å². The highest BCUT2D eigenvalue weighted by atomic mass is 16.5. The Kier molecular flexibility index (Phi) is 8.48. The molecule has 1 aliphatic heterocycles. The van der Waals surface area contributed by atoms with Crippen LogP contribution in [0, 0.1) is 13.8 Å². The van der Waals surface area contributed by atoms with E-state index in [0.29, 0.717) is 0 Å². The number of rotatable bonds is 10. The van der Waals surface area contributed by atoms with Gasteiger partial charge in [-0.2, -0.15) is 0 Å². The number of piperazine rings is 1. The van der Waals surface area contributed by atoms with E-state index >= 15 is 0 Å². The lowest BCUT2D eigenvalue weighted by molar-refractivity contribution is 0.0844. The van der Waals surface area contributed by atoms with Gasteiger partial charge in [-0.25, -0.2) is 9.97 Å². The summed E-state index contributed by atoms with van der Waals surface area (Å²) in [5.74, 6) is 1.10. The number of aryl methyl sites for hydroxylation is 3. The normalized spacial score (nSPS) is 15.6. The van der Waals surface area contributed by atoms with Crippen molar-refractivity contribution in [1.82, 2.24) is 24.3 Å². The van der Waals surface area contributed by atoms with Crippen LogP contribution in [0.1, 0.15) is 42.1 Å². The van der Waals surface area contributed by atoms with E-state index < -0.39 is 0 Å². The zero-order valence-electron chi connectivity index (χ0n) is 21.3. The lowest BCUT2D eigenvalue weighted by atomic mass is 10.1. The molecule has 0 spiro atoms. The summed E-state index contributed by atoms with van der Waals surface area (Å²) in [4.78, 5) is 14.7. The maximum atomic E-state index is 5.48. The van der Waals surface area contributed by atoms with Gasteiger partial charge in [-0.3, -0.25) is 9.80 Å². The molecule has 0 saturated carbocycles. The molecule has 34 heavy (non-hydrogen) atoms. The van der Waals surface area contributed by atoms with Gasteiger partial charge in [0.15, 0.2) is 5.65 Å². The van der Waals surface area contributed by atoms with Crippen LogP contribution in [0.2, 0.25) is 0 Å². The third kappa shape index (κ3) is 6.12. The van der Waals surface area contributed by atoms with Crippen molar-refractivity contribution in [2.24, 2.45) is 0 Å². The van der Waals surface area contributed by atoms with E-state index in [1.54, 1.807) is 0 Å². The molecule has 4 rings (SSSR count). The van der Waals surface area contributed by atoms with Crippen LogP contribution in [-0.4, -0.2) is 76.8 Å². The second-order valence-corrected chi connectivity index (χ2v) is 9.20. The Labute approximate surface area is 204 Å². The Morgan fingerprint density at radius 3 is 2.41 bits per heavy atom. The number of hydrogen-bond donors (Lipinski definition) is 0. The van der Waals surface area contributed by atoms with Crippen molar-refractivity contribution in [2.45, 2.75) is 40.7 Å². The molecule has 3 aromatic rings. The fourth-order valence-electron chi connectivity index (χ4n) is 4.67. The highest BCUT2D eigenvalue weighted by molar-refractivity contribution is 5.76. The molecular weight excluding hydrogens is 422 g/mol. The molecule has 0 aliphatic carbocycles. The van der Waals surface area contributed by atoms with Gasteiger partial charge in [0.2, 0.25) is 0 Å². The maximum absolute atomic E-state index is 5.48. The minimum atomic E-state index is 0.799. The molecule has 2 aromatic heterocycles. The average Bonchev–Trinajstić information content (AvgIpc) is 3.19. The fourth-order valence-corrected chi connectivity index (χ4v) is 4.67. The summed E-state index contributed by atoms with van der Waals surface area (Å²) < 4.78 is 7.75. The standard InChI is InChI=1S/C28H39N5O/c1-5-26-30-27-22(3)20-23(4)29-28(27)33(26)21-25-11-9-24(10-12-25)8-7-13-31-14-16-32(17-15-31)18-19-34-6-2/h7-12,20H,5-6,13-19,21H2,1-4H3. The molecule has 182 valence electrons. The zero-order chi connectivity index (χ0) is 23.9. The molecule has 0 radical (unpaired) electrons. The second-order valence-electron chi connectivity index (χ2n) is 9.20. The molecule has 3 heterocycles. The number of aromatic nitrogens is 3. The number of imidazole rings is 1. The first-order valence-corrected chi connectivity index (χ1v) is 12.7. The first-order chi connectivity index (χ1) is 16.6. The molecule has 0 atom stereocenters. The van der Waals surface area contributed by atoms with Crippen LogP contribution < -0.4 is 0 Å². The van der Waals surface area contributed by atoms with Crippen molar-refractivity contribution >= 4 is 17.2 Å². The third-order valence-electron chi connectivity index (χ3n) is 6.63. The molecule has 1 fully saturated rings. The SMILES string of the molecule is CCOCCN1CCN(CC=Cc2ccc(Cn3c(CC)nc4c(C)cc(C)nc43)cc2)CC1. The molecule has 1 saturated heterocycles. The molecule has 0 bridgehead atoms. The number of ether oxygens (including phenoxy) is 1. The number of fused-ring (bicyclic) bond motifs is 1. The number of pyridine rings is 1. The fraction of sp³-hybridized carbons (Fsp3) is 0.500. The van der Waals surface area contributed by atoms with E-state index in [0.717, 1.165) is 88.1 Å². The summed E-state index contributed by atoms with van der Waals surface area (Å²) in [6.07, 6.45) is 5.43. The van der Waals surface area contributed by atoms with E-state index in [1.807, 2.05) is 0 Å². The Balaban J connectivity index is 1.32. The lowest BCUT2D eigenvalue weighted by Gasteiger charge is -2.33. The van der Waals surface area contributed by atoms with Crippen LogP contribution in [0.3, 0.4) is 0 Å². The molecule has 6 heteroatoms. The molecule has 6 nitrogen and oxygen atoms in total. The van der Waals surface area contributed by atoms with Gasteiger partial charge in [0.1, 0.15) is 11.3 Å². The Morgan fingerprint density at radius 2 is 1.71 bits per heavy atom. The largest absolute Gasteiger partial charge is 0.380 e. The van der Waals surface area contributed by atoms with Crippen molar-refractivity contribution in [3.05, 3.63) is 64.6 Å². The zero-order valence-corrected chi connectivity index (χ0v) is 21.3. The summed E-state index contributed by atoms with van der Waals surface area (Å²) in [6.45, 7) is 17.4. The van der Waals surface area contributed by atoms with E-state index in [2.05, 4.69) is 84.5 Å². The summed E-state index contributed by atoms with van der Waals surface area (Å²) in [5.41, 5.74) is 6.78. The van der Waals surface area contributed by atoms with Gasteiger partial charge in [-0.15, -0.1) is 0 Å². The van der Waals surface area contributed by atoms with Crippen molar-refractivity contribution in [3.8, 4) is 0 Å². The summed E-state index contributed by atoms with van der Waals surface area (Å²) in [5, 5.41) is 0. The minimum absolute atomic E-state index is 0.799. The predicted octanol–water partition coefficient (Wildman–Crippen LogP) is 4.33. The molecule has 1 aromatic carbocycles.